The van der Waals surface area contributed by atoms with E-state index in [1.807, 2.05) is 42.5 Å². The van der Waals surface area contributed by atoms with E-state index in [2.05, 4.69) is 15.3 Å². The van der Waals surface area contributed by atoms with Gasteiger partial charge in [0.15, 0.2) is 17.3 Å². The number of ether oxygens (including phenoxy) is 2. The summed E-state index contributed by atoms with van der Waals surface area (Å²) in [5.41, 5.74) is 2.83. The molecule has 0 aliphatic carbocycles. The van der Waals surface area contributed by atoms with Crippen molar-refractivity contribution in [1.29, 1.82) is 0 Å². The van der Waals surface area contributed by atoms with Crippen molar-refractivity contribution in [3.8, 4) is 22.9 Å². The topological polar surface area (TPSA) is 73.3 Å². The first-order valence-corrected chi connectivity index (χ1v) is 9.03. The number of nitrogens with zero attached hydrogens (tertiary/aromatic N) is 2. The van der Waals surface area contributed by atoms with Crippen LogP contribution in [-0.4, -0.2) is 36.6 Å². The third-order valence-corrected chi connectivity index (χ3v) is 4.29. The van der Waals surface area contributed by atoms with Crippen molar-refractivity contribution < 1.29 is 14.3 Å². The average molecular weight is 377 g/mol. The van der Waals surface area contributed by atoms with Gasteiger partial charge in [0.05, 0.1) is 20.6 Å². The molecule has 28 heavy (non-hydrogen) atoms. The monoisotopic (exact) mass is 377 g/mol. The molecule has 1 heterocycles. The number of hydrogen-bond donors (Lipinski definition) is 1. The maximum absolute atomic E-state index is 12.2. The fourth-order valence-corrected chi connectivity index (χ4v) is 2.80. The summed E-state index contributed by atoms with van der Waals surface area (Å²) in [5.74, 6) is 1.91. The molecule has 1 N–H and O–H groups in total. The summed E-state index contributed by atoms with van der Waals surface area (Å²) in [4.78, 5) is 21.0. The number of benzene rings is 2. The Kier molecular flexibility index (Phi) is 6.57. The number of carbonyl (C=O) groups is 1. The van der Waals surface area contributed by atoms with Crippen molar-refractivity contribution in [3.63, 3.8) is 0 Å². The lowest BCUT2D eigenvalue weighted by Crippen LogP contribution is -2.27. The van der Waals surface area contributed by atoms with Crippen LogP contribution in [0.3, 0.4) is 0 Å². The van der Waals surface area contributed by atoms with Gasteiger partial charge in [-0.15, -0.1) is 0 Å². The lowest BCUT2D eigenvalue weighted by molar-refractivity contribution is -0.120. The van der Waals surface area contributed by atoms with Crippen LogP contribution in [-0.2, 0) is 17.6 Å². The molecule has 3 rings (SSSR count). The molecule has 0 saturated heterocycles. The zero-order chi connectivity index (χ0) is 19.8. The first-order chi connectivity index (χ1) is 13.7. The van der Waals surface area contributed by atoms with Gasteiger partial charge in [-0.2, -0.15) is 0 Å². The highest BCUT2D eigenvalue weighted by Crippen LogP contribution is 2.27. The van der Waals surface area contributed by atoms with Crippen LogP contribution in [0, 0.1) is 0 Å². The van der Waals surface area contributed by atoms with E-state index in [-0.39, 0.29) is 12.3 Å². The molecule has 6 nitrogen and oxygen atoms in total. The third kappa shape index (κ3) is 5.07. The Morgan fingerprint density at radius 2 is 1.64 bits per heavy atom. The summed E-state index contributed by atoms with van der Waals surface area (Å²) < 4.78 is 10.5. The number of nitrogens with one attached hydrogen (secondary N) is 1. The van der Waals surface area contributed by atoms with E-state index in [9.17, 15) is 4.79 Å². The van der Waals surface area contributed by atoms with Crippen LogP contribution in [0.25, 0.3) is 11.4 Å². The van der Waals surface area contributed by atoms with Gasteiger partial charge in [-0.05, 0) is 29.7 Å². The van der Waals surface area contributed by atoms with Gasteiger partial charge in [0, 0.05) is 24.5 Å². The number of carbonyl (C=O) groups excluding carboxylic acids is 1. The van der Waals surface area contributed by atoms with Crippen LogP contribution < -0.4 is 14.8 Å². The molecule has 0 bridgehead atoms. The van der Waals surface area contributed by atoms with Crippen LogP contribution in [0.5, 0.6) is 11.5 Å². The smallest absolute Gasteiger partial charge is 0.224 e. The van der Waals surface area contributed by atoms with Crippen molar-refractivity contribution in [1.82, 2.24) is 15.3 Å². The second-order valence-corrected chi connectivity index (χ2v) is 6.25. The van der Waals surface area contributed by atoms with E-state index in [1.165, 1.54) is 0 Å². The number of rotatable bonds is 8. The van der Waals surface area contributed by atoms with Crippen LogP contribution in [0.4, 0.5) is 0 Å². The average Bonchev–Trinajstić information content (AvgIpc) is 2.74. The summed E-state index contributed by atoms with van der Waals surface area (Å²) in [6, 6.07) is 15.3. The van der Waals surface area contributed by atoms with Gasteiger partial charge in [0.1, 0.15) is 0 Å². The largest absolute Gasteiger partial charge is 0.493 e. The predicted octanol–water partition coefficient (Wildman–Crippen LogP) is 3.06. The van der Waals surface area contributed by atoms with Crippen molar-refractivity contribution in [2.24, 2.45) is 0 Å². The van der Waals surface area contributed by atoms with Crippen molar-refractivity contribution >= 4 is 5.91 Å². The minimum atomic E-state index is -0.0472. The maximum Gasteiger partial charge on any atom is 0.224 e. The second kappa shape index (κ2) is 9.50. The Morgan fingerprint density at radius 1 is 0.929 bits per heavy atom. The number of aromatic nitrogens is 2. The van der Waals surface area contributed by atoms with Gasteiger partial charge in [-0.3, -0.25) is 4.79 Å². The lowest BCUT2D eigenvalue weighted by Gasteiger charge is -2.10. The lowest BCUT2D eigenvalue weighted by atomic mass is 10.1. The fraction of sp³-hybridized carbons (Fsp3) is 0.227. The Labute approximate surface area is 164 Å². The molecule has 0 radical (unpaired) electrons. The quantitative estimate of drug-likeness (QED) is 0.653. The highest BCUT2D eigenvalue weighted by molar-refractivity contribution is 5.78. The Balaban J connectivity index is 1.49. The minimum absolute atomic E-state index is 0.0472. The fourth-order valence-electron chi connectivity index (χ4n) is 2.80. The van der Waals surface area contributed by atoms with Gasteiger partial charge in [0.2, 0.25) is 5.91 Å². The van der Waals surface area contributed by atoms with Crippen LogP contribution in [0.2, 0.25) is 0 Å². The maximum atomic E-state index is 12.2. The first kappa shape index (κ1) is 19.4. The van der Waals surface area contributed by atoms with Crippen molar-refractivity contribution in [2.75, 3.05) is 20.8 Å². The summed E-state index contributed by atoms with van der Waals surface area (Å²) >= 11 is 0. The van der Waals surface area contributed by atoms with E-state index in [1.54, 1.807) is 32.7 Å². The van der Waals surface area contributed by atoms with Crippen molar-refractivity contribution in [2.45, 2.75) is 12.8 Å². The van der Waals surface area contributed by atoms with E-state index in [4.69, 9.17) is 9.47 Å². The van der Waals surface area contributed by atoms with Gasteiger partial charge in [-0.25, -0.2) is 9.97 Å². The van der Waals surface area contributed by atoms with Crippen molar-refractivity contribution in [3.05, 3.63) is 72.1 Å². The Bertz CT molecular complexity index is 912. The first-order valence-electron chi connectivity index (χ1n) is 9.03. The molecule has 0 aliphatic heterocycles. The Morgan fingerprint density at radius 3 is 2.32 bits per heavy atom. The molecule has 0 atom stereocenters. The molecule has 0 fully saturated rings. The van der Waals surface area contributed by atoms with Gasteiger partial charge < -0.3 is 14.8 Å². The molecule has 0 aliphatic rings. The highest BCUT2D eigenvalue weighted by atomic mass is 16.5. The van der Waals surface area contributed by atoms with Gasteiger partial charge >= 0.3 is 0 Å². The van der Waals surface area contributed by atoms with Gasteiger partial charge in [-0.1, -0.05) is 36.4 Å². The predicted molar refractivity (Wildman–Crippen MR) is 107 cm³/mol. The molecular formula is C22H23N3O3. The number of amides is 1. The zero-order valence-electron chi connectivity index (χ0n) is 16.0. The highest BCUT2D eigenvalue weighted by Gasteiger charge is 2.08. The van der Waals surface area contributed by atoms with E-state index < -0.39 is 0 Å². The van der Waals surface area contributed by atoms with E-state index in [0.717, 1.165) is 16.7 Å². The summed E-state index contributed by atoms with van der Waals surface area (Å²) in [5, 5.41) is 2.93. The molecule has 0 spiro atoms. The number of hydrogen-bond acceptors (Lipinski definition) is 5. The standard InChI is InChI=1S/C22H23N3O3/c1-27-19-9-8-16(12-20(19)28-2)13-21(26)23-11-10-17-14-24-22(25-15-17)18-6-4-3-5-7-18/h3-9,12,14-15H,10-11,13H2,1-2H3,(H,23,26). The molecule has 6 heteroatoms. The second-order valence-electron chi connectivity index (χ2n) is 6.25. The summed E-state index contributed by atoms with van der Waals surface area (Å²) in [6.07, 6.45) is 4.56. The van der Waals surface area contributed by atoms with E-state index in [0.29, 0.717) is 30.3 Å². The van der Waals surface area contributed by atoms with Crippen LogP contribution >= 0.6 is 0 Å². The summed E-state index contributed by atoms with van der Waals surface area (Å²) in [7, 11) is 3.16. The molecule has 3 aromatic rings. The normalized spacial score (nSPS) is 10.4. The number of methoxy groups -OCH3 is 2. The molecule has 0 saturated carbocycles. The Hall–Kier alpha value is -3.41. The molecule has 1 aromatic heterocycles. The molecular weight excluding hydrogens is 354 g/mol. The van der Waals surface area contributed by atoms with Gasteiger partial charge in [0.25, 0.3) is 0 Å². The molecule has 2 aromatic carbocycles. The van der Waals surface area contributed by atoms with E-state index >= 15 is 0 Å². The molecule has 1 amide bonds. The van der Waals surface area contributed by atoms with Crippen LogP contribution in [0.1, 0.15) is 11.1 Å². The SMILES string of the molecule is COc1ccc(CC(=O)NCCc2cnc(-c3ccccc3)nc2)cc1OC. The third-order valence-electron chi connectivity index (χ3n) is 4.29. The van der Waals surface area contributed by atoms with Crippen LogP contribution in [0.15, 0.2) is 60.9 Å². The molecule has 144 valence electrons. The zero-order valence-corrected chi connectivity index (χ0v) is 16.0. The summed E-state index contributed by atoms with van der Waals surface area (Å²) in [6.45, 7) is 0.528. The molecule has 0 unspecified atom stereocenters. The minimum Gasteiger partial charge on any atom is -0.493 e.